The van der Waals surface area contributed by atoms with Gasteiger partial charge in [0.1, 0.15) is 5.76 Å². The van der Waals surface area contributed by atoms with Crippen molar-refractivity contribution in [3.8, 4) is 0 Å². The third kappa shape index (κ3) is 4.00. The number of hydrogen-bond donors (Lipinski definition) is 1. The summed E-state index contributed by atoms with van der Waals surface area (Å²) in [6, 6.07) is 18.5. The summed E-state index contributed by atoms with van der Waals surface area (Å²) >= 11 is 9.51. The van der Waals surface area contributed by atoms with Gasteiger partial charge in [-0.05, 0) is 92.6 Å². The quantitative estimate of drug-likeness (QED) is 0.309. The van der Waals surface area contributed by atoms with Crippen molar-refractivity contribution in [2.45, 2.75) is 39.4 Å². The zero-order valence-corrected chi connectivity index (χ0v) is 21.2. The molecule has 0 saturated carbocycles. The van der Waals surface area contributed by atoms with Crippen LogP contribution in [0.1, 0.15) is 46.1 Å². The number of aromatic nitrogens is 2. The summed E-state index contributed by atoms with van der Waals surface area (Å²) in [5.74, 6) is 0.935. The highest BCUT2D eigenvalue weighted by Crippen LogP contribution is 2.43. The average Bonchev–Trinajstić information content (AvgIpc) is 3.51. The standard InChI is InChI=1S/C26H25BrN4OS/c1-16-13-19(9-10-22(16)27)31-25(24(29-26(31)33)23-8-4-5-11-28-23)21-14-17(2)30(18(21)3)15-20-7-6-12-32-20/h4-14,24-25H,15H2,1-3H3,(H,29,33). The Labute approximate surface area is 207 Å². The summed E-state index contributed by atoms with van der Waals surface area (Å²) in [5, 5.41) is 4.26. The van der Waals surface area contributed by atoms with E-state index in [4.69, 9.17) is 16.6 Å². The summed E-state index contributed by atoms with van der Waals surface area (Å²) < 4.78 is 9.01. The van der Waals surface area contributed by atoms with Crippen LogP contribution < -0.4 is 10.2 Å². The van der Waals surface area contributed by atoms with Gasteiger partial charge in [-0.3, -0.25) is 4.98 Å². The SMILES string of the molecule is Cc1cc(N2C(=S)NC(c3ccccn3)C2c2cc(C)n(Cc3ccco3)c2C)ccc1Br. The van der Waals surface area contributed by atoms with E-state index in [-0.39, 0.29) is 12.1 Å². The van der Waals surface area contributed by atoms with Crippen molar-refractivity contribution in [1.82, 2.24) is 14.9 Å². The highest BCUT2D eigenvalue weighted by atomic mass is 79.9. The molecular weight excluding hydrogens is 496 g/mol. The lowest BCUT2D eigenvalue weighted by Crippen LogP contribution is -2.29. The minimum absolute atomic E-state index is 0.0375. The van der Waals surface area contributed by atoms with E-state index in [0.29, 0.717) is 11.7 Å². The van der Waals surface area contributed by atoms with Gasteiger partial charge in [-0.1, -0.05) is 22.0 Å². The molecule has 4 aromatic rings. The topological polar surface area (TPSA) is 46.2 Å². The number of furan rings is 1. The molecule has 4 heterocycles. The van der Waals surface area contributed by atoms with Gasteiger partial charge in [0, 0.05) is 27.7 Å². The summed E-state index contributed by atoms with van der Waals surface area (Å²) in [5.41, 5.74) is 6.80. The fraction of sp³-hybridized carbons (Fsp3) is 0.231. The van der Waals surface area contributed by atoms with Crippen LogP contribution in [0.5, 0.6) is 0 Å². The lowest BCUT2D eigenvalue weighted by molar-refractivity contribution is 0.488. The molecule has 5 nitrogen and oxygen atoms in total. The molecule has 168 valence electrons. The molecule has 1 N–H and O–H groups in total. The first-order valence-corrected chi connectivity index (χ1v) is 12.1. The Kier molecular flexibility index (Phi) is 5.85. The third-order valence-electron chi connectivity index (χ3n) is 6.34. The molecule has 1 saturated heterocycles. The second-order valence-electron chi connectivity index (χ2n) is 8.42. The second-order valence-corrected chi connectivity index (χ2v) is 9.66. The highest BCUT2D eigenvalue weighted by Gasteiger charge is 2.42. The van der Waals surface area contributed by atoms with Crippen LogP contribution in [-0.2, 0) is 6.54 Å². The van der Waals surface area contributed by atoms with E-state index in [2.05, 4.69) is 86.8 Å². The summed E-state index contributed by atoms with van der Waals surface area (Å²) in [4.78, 5) is 6.90. The minimum atomic E-state index is -0.0692. The molecule has 1 aliphatic heterocycles. The van der Waals surface area contributed by atoms with Crippen molar-refractivity contribution in [2.75, 3.05) is 4.90 Å². The third-order valence-corrected chi connectivity index (χ3v) is 7.55. The Balaban J connectivity index is 1.64. The van der Waals surface area contributed by atoms with Crippen molar-refractivity contribution in [3.63, 3.8) is 0 Å². The molecule has 0 aliphatic carbocycles. The van der Waals surface area contributed by atoms with E-state index in [9.17, 15) is 0 Å². The average molecular weight is 521 g/mol. The molecule has 3 aromatic heterocycles. The fourth-order valence-electron chi connectivity index (χ4n) is 4.66. The number of aryl methyl sites for hydroxylation is 2. The number of halogens is 1. The fourth-order valence-corrected chi connectivity index (χ4v) is 5.25. The van der Waals surface area contributed by atoms with Crippen molar-refractivity contribution in [3.05, 3.63) is 105 Å². The van der Waals surface area contributed by atoms with Gasteiger partial charge < -0.3 is 19.2 Å². The first kappa shape index (κ1) is 21.9. The van der Waals surface area contributed by atoms with Crippen molar-refractivity contribution < 1.29 is 4.42 Å². The number of nitrogens with zero attached hydrogens (tertiary/aromatic N) is 3. The monoisotopic (exact) mass is 520 g/mol. The number of hydrogen-bond acceptors (Lipinski definition) is 3. The van der Waals surface area contributed by atoms with Crippen LogP contribution in [0.25, 0.3) is 0 Å². The molecule has 2 unspecified atom stereocenters. The lowest BCUT2D eigenvalue weighted by Gasteiger charge is -2.28. The zero-order valence-electron chi connectivity index (χ0n) is 18.7. The Hall–Kier alpha value is -2.90. The summed E-state index contributed by atoms with van der Waals surface area (Å²) in [7, 11) is 0. The van der Waals surface area contributed by atoms with Gasteiger partial charge in [-0.2, -0.15) is 0 Å². The maximum atomic E-state index is 5.88. The lowest BCUT2D eigenvalue weighted by atomic mass is 9.96. The second kappa shape index (κ2) is 8.80. The Morgan fingerprint density at radius 3 is 2.64 bits per heavy atom. The number of rotatable bonds is 5. The zero-order chi connectivity index (χ0) is 23.1. The minimum Gasteiger partial charge on any atom is -0.467 e. The Morgan fingerprint density at radius 2 is 1.94 bits per heavy atom. The first-order valence-electron chi connectivity index (χ1n) is 10.9. The number of pyridine rings is 1. The molecule has 0 bridgehead atoms. The first-order chi connectivity index (χ1) is 15.9. The molecule has 7 heteroatoms. The summed E-state index contributed by atoms with van der Waals surface area (Å²) in [6.07, 6.45) is 3.56. The molecule has 0 amide bonds. The van der Waals surface area contributed by atoms with Gasteiger partial charge in [0.15, 0.2) is 5.11 Å². The van der Waals surface area contributed by atoms with E-state index >= 15 is 0 Å². The number of nitrogens with one attached hydrogen (secondary N) is 1. The molecule has 1 fully saturated rings. The van der Waals surface area contributed by atoms with Gasteiger partial charge in [-0.15, -0.1) is 0 Å². The molecule has 1 aromatic carbocycles. The van der Waals surface area contributed by atoms with Gasteiger partial charge >= 0.3 is 0 Å². The van der Waals surface area contributed by atoms with Crippen molar-refractivity contribution >= 4 is 38.9 Å². The van der Waals surface area contributed by atoms with Crippen LogP contribution in [-0.4, -0.2) is 14.7 Å². The molecule has 2 atom stereocenters. The van der Waals surface area contributed by atoms with Crippen molar-refractivity contribution in [1.29, 1.82) is 0 Å². The summed E-state index contributed by atoms with van der Waals surface area (Å²) in [6.45, 7) is 7.11. The van der Waals surface area contributed by atoms with Gasteiger partial charge in [0.2, 0.25) is 0 Å². The van der Waals surface area contributed by atoms with E-state index in [0.717, 1.165) is 21.6 Å². The number of thiocarbonyl (C=S) groups is 1. The van der Waals surface area contributed by atoms with E-state index < -0.39 is 0 Å². The van der Waals surface area contributed by atoms with Gasteiger partial charge in [0.05, 0.1) is 30.6 Å². The van der Waals surface area contributed by atoms with Crippen LogP contribution in [0.15, 0.2) is 75.9 Å². The molecule has 0 radical (unpaired) electrons. The van der Waals surface area contributed by atoms with Gasteiger partial charge in [0.25, 0.3) is 0 Å². The largest absolute Gasteiger partial charge is 0.467 e. The van der Waals surface area contributed by atoms with Gasteiger partial charge in [-0.25, -0.2) is 0 Å². The van der Waals surface area contributed by atoms with Crippen molar-refractivity contribution in [2.24, 2.45) is 0 Å². The van der Waals surface area contributed by atoms with Crippen LogP contribution in [0.3, 0.4) is 0 Å². The molecule has 33 heavy (non-hydrogen) atoms. The maximum Gasteiger partial charge on any atom is 0.174 e. The van der Waals surface area contributed by atoms with E-state index in [1.165, 1.54) is 22.5 Å². The normalized spacial score (nSPS) is 18.1. The Bertz CT molecular complexity index is 1300. The molecule has 0 spiro atoms. The van der Waals surface area contributed by atoms with Crippen LogP contribution in [0, 0.1) is 20.8 Å². The van der Waals surface area contributed by atoms with E-state index in [1.807, 2.05) is 30.5 Å². The number of anilines is 1. The highest BCUT2D eigenvalue weighted by molar-refractivity contribution is 9.10. The smallest absolute Gasteiger partial charge is 0.174 e. The maximum absolute atomic E-state index is 5.88. The van der Waals surface area contributed by atoms with Crippen LogP contribution >= 0.6 is 28.1 Å². The number of benzene rings is 1. The van der Waals surface area contributed by atoms with Crippen LogP contribution in [0.4, 0.5) is 5.69 Å². The molecule has 5 rings (SSSR count). The predicted molar refractivity (Wildman–Crippen MR) is 139 cm³/mol. The molecular formula is C26H25BrN4OS. The van der Waals surface area contributed by atoms with E-state index in [1.54, 1.807) is 6.26 Å². The molecule has 1 aliphatic rings. The van der Waals surface area contributed by atoms with Crippen LogP contribution in [0.2, 0.25) is 0 Å². The Morgan fingerprint density at radius 1 is 1.09 bits per heavy atom. The predicted octanol–water partition coefficient (Wildman–Crippen LogP) is 6.39.